The minimum Gasteiger partial charge on any atom is -0.497 e. The molecule has 0 radical (unpaired) electrons. The number of carbonyl (C=O) groups is 2. The molecule has 1 aromatic carbocycles. The average Bonchev–Trinajstić information content (AvgIpc) is 2.86. The Kier molecular flexibility index (Phi) is 3.66. The van der Waals surface area contributed by atoms with Crippen molar-refractivity contribution in [3.8, 4) is 5.75 Å². The number of carbonyl (C=O) groups excluding carboxylic acids is 2. The van der Waals surface area contributed by atoms with Gasteiger partial charge in [0.25, 0.3) is 5.91 Å². The van der Waals surface area contributed by atoms with E-state index in [9.17, 15) is 9.59 Å². The molecule has 1 amide bonds. The Morgan fingerprint density at radius 3 is 2.42 bits per heavy atom. The lowest BCUT2D eigenvalue weighted by molar-refractivity contribution is -0.168. The van der Waals surface area contributed by atoms with Crippen molar-refractivity contribution >= 4 is 18.1 Å². The Labute approximate surface area is 141 Å². The molecule has 1 saturated heterocycles. The van der Waals surface area contributed by atoms with Crippen LogP contribution in [0.15, 0.2) is 29.4 Å². The zero-order valence-corrected chi connectivity index (χ0v) is 14.4. The zero-order valence-electron chi connectivity index (χ0n) is 14.4. The number of hydrogen-bond acceptors (Lipinski definition) is 5. The maximum absolute atomic E-state index is 12.7. The number of hydrazone groups is 1. The number of rotatable bonds is 4. The molecule has 2 aliphatic rings. The molecular formula is C18H22N2O4. The molecule has 2 unspecified atom stereocenters. The van der Waals surface area contributed by atoms with Crippen molar-refractivity contribution in [2.45, 2.75) is 39.2 Å². The molecule has 1 N–H and O–H groups in total. The van der Waals surface area contributed by atoms with Crippen LogP contribution in [0.25, 0.3) is 0 Å². The molecule has 3 rings (SSSR count). The van der Waals surface area contributed by atoms with Crippen LogP contribution in [0.3, 0.4) is 0 Å². The first-order valence-electron chi connectivity index (χ1n) is 7.98. The third-order valence-electron chi connectivity index (χ3n) is 5.95. The largest absolute Gasteiger partial charge is 0.497 e. The van der Waals surface area contributed by atoms with Gasteiger partial charge in [0.2, 0.25) is 0 Å². The Morgan fingerprint density at radius 1 is 1.25 bits per heavy atom. The van der Waals surface area contributed by atoms with E-state index >= 15 is 0 Å². The van der Waals surface area contributed by atoms with E-state index in [1.165, 1.54) is 0 Å². The van der Waals surface area contributed by atoms with Crippen LogP contribution in [-0.2, 0) is 14.3 Å². The van der Waals surface area contributed by atoms with Crippen LogP contribution in [0.1, 0.15) is 39.2 Å². The third kappa shape index (κ3) is 2.05. The fourth-order valence-corrected chi connectivity index (χ4v) is 3.69. The van der Waals surface area contributed by atoms with Gasteiger partial charge < -0.3 is 9.47 Å². The SMILES string of the molecule is COc1ccc(C=NNC(=O)C23CCC(C)(C(=O)O2)C3(C)C)cc1. The minimum atomic E-state index is -1.14. The highest BCUT2D eigenvalue weighted by Crippen LogP contribution is 2.65. The molecule has 1 aliphatic heterocycles. The highest BCUT2D eigenvalue weighted by molar-refractivity contribution is 5.96. The van der Waals surface area contributed by atoms with Crippen LogP contribution in [0.4, 0.5) is 0 Å². The van der Waals surface area contributed by atoms with Gasteiger partial charge in [0, 0.05) is 5.41 Å². The molecular weight excluding hydrogens is 308 g/mol. The van der Waals surface area contributed by atoms with Gasteiger partial charge in [-0.05, 0) is 49.6 Å². The first-order valence-corrected chi connectivity index (χ1v) is 7.98. The van der Waals surface area contributed by atoms with Crippen molar-refractivity contribution < 1.29 is 19.1 Å². The Bertz CT molecular complexity index is 710. The summed E-state index contributed by atoms with van der Waals surface area (Å²) in [6.45, 7) is 5.70. The van der Waals surface area contributed by atoms with Gasteiger partial charge in [0.05, 0.1) is 18.7 Å². The summed E-state index contributed by atoms with van der Waals surface area (Å²) in [4.78, 5) is 24.9. The van der Waals surface area contributed by atoms with Gasteiger partial charge >= 0.3 is 5.97 Å². The smallest absolute Gasteiger partial charge is 0.313 e. The number of ether oxygens (including phenoxy) is 2. The molecule has 0 aromatic heterocycles. The van der Waals surface area contributed by atoms with Gasteiger partial charge in [0.1, 0.15) is 5.75 Å². The Hall–Kier alpha value is -2.37. The third-order valence-corrected chi connectivity index (χ3v) is 5.95. The summed E-state index contributed by atoms with van der Waals surface area (Å²) in [6.07, 6.45) is 2.71. The van der Waals surface area contributed by atoms with Crippen molar-refractivity contribution in [3.05, 3.63) is 29.8 Å². The summed E-state index contributed by atoms with van der Waals surface area (Å²) < 4.78 is 10.6. The van der Waals surface area contributed by atoms with E-state index in [1.807, 2.05) is 45.0 Å². The summed E-state index contributed by atoms with van der Waals surface area (Å²) in [7, 11) is 1.60. The van der Waals surface area contributed by atoms with Crippen LogP contribution in [0.5, 0.6) is 5.75 Å². The normalized spacial score (nSPS) is 30.4. The van der Waals surface area contributed by atoms with E-state index in [4.69, 9.17) is 9.47 Å². The molecule has 1 aromatic rings. The van der Waals surface area contributed by atoms with Crippen molar-refractivity contribution in [3.63, 3.8) is 0 Å². The van der Waals surface area contributed by atoms with Crippen molar-refractivity contribution in [1.29, 1.82) is 0 Å². The number of nitrogens with zero attached hydrogens (tertiary/aromatic N) is 1. The second-order valence-corrected chi connectivity index (χ2v) is 7.15. The van der Waals surface area contributed by atoms with Crippen LogP contribution >= 0.6 is 0 Å². The van der Waals surface area contributed by atoms with E-state index in [-0.39, 0.29) is 11.9 Å². The van der Waals surface area contributed by atoms with Gasteiger partial charge in [-0.15, -0.1) is 0 Å². The van der Waals surface area contributed by atoms with E-state index in [2.05, 4.69) is 10.5 Å². The molecule has 24 heavy (non-hydrogen) atoms. The molecule has 1 saturated carbocycles. The predicted molar refractivity (Wildman–Crippen MR) is 88.7 cm³/mol. The molecule has 6 nitrogen and oxygen atoms in total. The minimum absolute atomic E-state index is 0.298. The molecule has 6 heteroatoms. The lowest BCUT2D eigenvalue weighted by Gasteiger charge is -2.34. The quantitative estimate of drug-likeness (QED) is 0.522. The molecule has 2 fully saturated rings. The standard InChI is InChI=1S/C18H22N2O4/c1-16(2)17(3)9-10-18(16,24-15(17)22)14(21)20-19-11-12-5-7-13(23-4)8-6-12/h5-8,11H,9-10H2,1-4H3,(H,20,21). The zero-order chi connectivity index (χ0) is 17.6. The van der Waals surface area contributed by atoms with Gasteiger partial charge in [-0.25, -0.2) is 5.43 Å². The lowest BCUT2D eigenvalue weighted by atomic mass is 9.66. The van der Waals surface area contributed by atoms with E-state index in [1.54, 1.807) is 13.3 Å². The maximum atomic E-state index is 12.7. The fraction of sp³-hybridized carbons (Fsp3) is 0.500. The van der Waals surface area contributed by atoms with Crippen LogP contribution in [0.2, 0.25) is 0 Å². The van der Waals surface area contributed by atoms with Gasteiger partial charge in [-0.1, -0.05) is 13.8 Å². The summed E-state index contributed by atoms with van der Waals surface area (Å²) in [5.74, 6) is 0.0832. The summed E-state index contributed by atoms with van der Waals surface area (Å²) in [5, 5.41) is 4.01. The number of hydrogen-bond donors (Lipinski definition) is 1. The second-order valence-electron chi connectivity index (χ2n) is 7.15. The fourth-order valence-electron chi connectivity index (χ4n) is 3.69. The molecule has 1 heterocycles. The van der Waals surface area contributed by atoms with Crippen molar-refractivity contribution in [2.24, 2.45) is 15.9 Å². The van der Waals surface area contributed by atoms with E-state index in [0.717, 1.165) is 11.3 Å². The highest BCUT2D eigenvalue weighted by Gasteiger charge is 2.75. The van der Waals surface area contributed by atoms with Gasteiger partial charge in [-0.3, -0.25) is 9.59 Å². The van der Waals surface area contributed by atoms with Gasteiger partial charge in [-0.2, -0.15) is 5.10 Å². The van der Waals surface area contributed by atoms with Crippen LogP contribution in [0, 0.1) is 10.8 Å². The first kappa shape index (κ1) is 16.5. The molecule has 0 spiro atoms. The first-order chi connectivity index (χ1) is 11.3. The molecule has 1 aliphatic carbocycles. The van der Waals surface area contributed by atoms with E-state index < -0.39 is 16.4 Å². The number of benzene rings is 1. The monoisotopic (exact) mass is 330 g/mol. The summed E-state index contributed by atoms with van der Waals surface area (Å²) in [5.41, 5.74) is 1.03. The second kappa shape index (κ2) is 5.33. The Morgan fingerprint density at radius 2 is 1.92 bits per heavy atom. The Balaban J connectivity index is 1.73. The number of fused-ring (bicyclic) bond motifs is 2. The number of esters is 1. The van der Waals surface area contributed by atoms with Crippen molar-refractivity contribution in [2.75, 3.05) is 7.11 Å². The maximum Gasteiger partial charge on any atom is 0.313 e. The molecule has 128 valence electrons. The van der Waals surface area contributed by atoms with Crippen LogP contribution < -0.4 is 10.2 Å². The van der Waals surface area contributed by atoms with Gasteiger partial charge in [0.15, 0.2) is 5.60 Å². The summed E-state index contributed by atoms with van der Waals surface area (Å²) in [6, 6.07) is 7.29. The number of amides is 1. The number of nitrogens with one attached hydrogen (secondary N) is 1. The molecule has 2 bridgehead atoms. The van der Waals surface area contributed by atoms with E-state index in [0.29, 0.717) is 12.8 Å². The average molecular weight is 330 g/mol. The topological polar surface area (TPSA) is 77.0 Å². The van der Waals surface area contributed by atoms with Crippen LogP contribution in [-0.4, -0.2) is 30.8 Å². The highest BCUT2D eigenvalue weighted by atomic mass is 16.6. The molecule has 2 atom stereocenters. The lowest BCUT2D eigenvalue weighted by Crippen LogP contribution is -2.52. The predicted octanol–water partition coefficient (Wildman–Crippen LogP) is 2.27. The summed E-state index contributed by atoms with van der Waals surface area (Å²) >= 11 is 0. The number of methoxy groups -OCH3 is 1. The van der Waals surface area contributed by atoms with Crippen molar-refractivity contribution in [1.82, 2.24) is 5.43 Å².